The lowest BCUT2D eigenvalue weighted by atomic mass is 9.82. The molecule has 0 saturated heterocycles. The van der Waals surface area contributed by atoms with Crippen molar-refractivity contribution in [3.63, 3.8) is 0 Å². The first-order valence-corrected chi connectivity index (χ1v) is 6.71. The second-order valence-electron chi connectivity index (χ2n) is 5.03. The van der Waals surface area contributed by atoms with E-state index in [4.69, 9.17) is 9.47 Å². The molecule has 0 aromatic heterocycles. The molecule has 1 N–H and O–H groups in total. The normalized spacial score (nSPS) is 22.9. The summed E-state index contributed by atoms with van der Waals surface area (Å²) in [6, 6.07) is 5.06. The molecule has 0 bridgehead atoms. The van der Waals surface area contributed by atoms with Crippen molar-refractivity contribution >= 4 is 17.6 Å². The lowest BCUT2D eigenvalue weighted by Gasteiger charge is -2.28. The van der Waals surface area contributed by atoms with E-state index in [0.29, 0.717) is 30.0 Å². The lowest BCUT2D eigenvalue weighted by Crippen LogP contribution is -2.41. The largest absolute Gasteiger partial charge is 0.550 e. The number of carboxylic acids is 1. The first kappa shape index (κ1) is 13.5. The number of nitrogens with one attached hydrogen (secondary N) is 1. The lowest BCUT2D eigenvalue weighted by molar-refractivity contribution is -0.313. The van der Waals surface area contributed by atoms with Crippen LogP contribution in [0.25, 0.3) is 0 Å². The monoisotopic (exact) mass is 288 g/mol. The number of ether oxygens (including phenoxy) is 2. The molecule has 6 nitrogen and oxygen atoms in total. The average Bonchev–Trinajstić information content (AvgIpc) is 2.94. The van der Waals surface area contributed by atoms with E-state index < -0.39 is 17.8 Å². The van der Waals surface area contributed by atoms with Crippen molar-refractivity contribution in [2.75, 3.05) is 12.1 Å². The molecular formula is C15H14NO5-. The molecule has 110 valence electrons. The molecule has 2 aliphatic rings. The topological polar surface area (TPSA) is 87.7 Å². The summed E-state index contributed by atoms with van der Waals surface area (Å²) in [5.41, 5.74) is 0.552. The highest BCUT2D eigenvalue weighted by Gasteiger charge is 2.30. The fraction of sp³-hybridized carbons (Fsp3) is 0.333. The van der Waals surface area contributed by atoms with Gasteiger partial charge in [-0.15, -0.1) is 0 Å². The van der Waals surface area contributed by atoms with Crippen LogP contribution in [0.3, 0.4) is 0 Å². The second-order valence-corrected chi connectivity index (χ2v) is 5.03. The Morgan fingerprint density at radius 1 is 1.10 bits per heavy atom. The molecular weight excluding hydrogens is 274 g/mol. The average molecular weight is 288 g/mol. The summed E-state index contributed by atoms with van der Waals surface area (Å²) >= 11 is 0. The Labute approximate surface area is 121 Å². The molecule has 0 spiro atoms. The van der Waals surface area contributed by atoms with Crippen molar-refractivity contribution in [2.45, 2.75) is 12.8 Å². The van der Waals surface area contributed by atoms with Crippen molar-refractivity contribution in [3.8, 4) is 11.5 Å². The Kier molecular flexibility index (Phi) is 3.51. The first-order valence-electron chi connectivity index (χ1n) is 6.71. The zero-order valence-electron chi connectivity index (χ0n) is 11.2. The van der Waals surface area contributed by atoms with E-state index >= 15 is 0 Å². The van der Waals surface area contributed by atoms with Gasteiger partial charge >= 0.3 is 0 Å². The maximum atomic E-state index is 12.3. The Morgan fingerprint density at radius 2 is 1.81 bits per heavy atom. The van der Waals surface area contributed by atoms with Crippen molar-refractivity contribution in [2.24, 2.45) is 11.8 Å². The van der Waals surface area contributed by atoms with E-state index in [1.54, 1.807) is 24.3 Å². The number of carbonyl (C=O) groups is 2. The van der Waals surface area contributed by atoms with Gasteiger partial charge in [0.1, 0.15) is 0 Å². The summed E-state index contributed by atoms with van der Waals surface area (Å²) in [7, 11) is 0. The summed E-state index contributed by atoms with van der Waals surface area (Å²) in [6.45, 7) is 0.160. The molecule has 1 aliphatic carbocycles. The fourth-order valence-electron chi connectivity index (χ4n) is 2.57. The molecule has 2 atom stereocenters. The number of rotatable bonds is 3. The molecule has 0 saturated carbocycles. The number of fused-ring (bicyclic) bond motifs is 1. The van der Waals surface area contributed by atoms with Crippen LogP contribution in [-0.2, 0) is 9.59 Å². The van der Waals surface area contributed by atoms with Crippen LogP contribution in [0.1, 0.15) is 12.8 Å². The minimum atomic E-state index is -1.19. The number of amides is 1. The number of anilines is 1. The number of hydrogen-bond acceptors (Lipinski definition) is 5. The van der Waals surface area contributed by atoms with Crippen molar-refractivity contribution < 1.29 is 24.2 Å². The number of allylic oxidation sites excluding steroid dienone is 2. The minimum Gasteiger partial charge on any atom is -0.550 e. The van der Waals surface area contributed by atoms with Crippen LogP contribution >= 0.6 is 0 Å². The Morgan fingerprint density at radius 3 is 2.57 bits per heavy atom. The predicted octanol–water partition coefficient (Wildman–Crippen LogP) is 0.686. The van der Waals surface area contributed by atoms with Crippen molar-refractivity contribution in [1.82, 2.24) is 0 Å². The van der Waals surface area contributed by atoms with Gasteiger partial charge in [-0.2, -0.15) is 0 Å². The number of hydrogen-bond donors (Lipinski definition) is 1. The summed E-state index contributed by atoms with van der Waals surface area (Å²) in [4.78, 5) is 23.4. The Hall–Kier alpha value is -2.50. The van der Waals surface area contributed by atoms with Crippen LogP contribution in [0.4, 0.5) is 5.69 Å². The smallest absolute Gasteiger partial charge is 0.231 e. The van der Waals surface area contributed by atoms with E-state index in [1.165, 1.54) is 0 Å². The third-order valence-electron chi connectivity index (χ3n) is 3.71. The fourth-order valence-corrected chi connectivity index (χ4v) is 2.57. The van der Waals surface area contributed by atoms with E-state index in [0.717, 1.165) is 0 Å². The number of carboxylic acid groups (broad SMARTS) is 1. The van der Waals surface area contributed by atoms with Gasteiger partial charge < -0.3 is 24.7 Å². The van der Waals surface area contributed by atoms with Crippen LogP contribution < -0.4 is 19.9 Å². The number of aliphatic carboxylic acids is 1. The molecule has 2 unspecified atom stereocenters. The molecule has 21 heavy (non-hydrogen) atoms. The standard InChI is InChI=1S/C15H15NO5/c17-14(10-3-1-2-4-11(10)15(18)19)16-9-5-6-12-13(7-9)21-8-20-12/h1-2,5-7,10-11H,3-4,8H2,(H,16,17)(H,18,19)/p-1. The van der Waals surface area contributed by atoms with Gasteiger partial charge in [0, 0.05) is 23.6 Å². The van der Waals surface area contributed by atoms with Crippen molar-refractivity contribution in [1.29, 1.82) is 0 Å². The molecule has 0 fully saturated rings. The summed E-state index contributed by atoms with van der Waals surface area (Å²) in [5, 5.41) is 13.8. The Bertz CT molecular complexity index is 610. The van der Waals surface area contributed by atoms with E-state index in [-0.39, 0.29) is 12.7 Å². The van der Waals surface area contributed by atoms with Gasteiger partial charge in [-0.3, -0.25) is 4.79 Å². The first-order chi connectivity index (χ1) is 10.1. The number of carbonyl (C=O) groups excluding carboxylic acids is 2. The summed E-state index contributed by atoms with van der Waals surface area (Å²) in [5.74, 6) is -1.74. The maximum absolute atomic E-state index is 12.3. The van der Waals surface area contributed by atoms with Gasteiger partial charge in [-0.1, -0.05) is 12.2 Å². The molecule has 1 aromatic carbocycles. The molecule has 1 aliphatic heterocycles. The highest BCUT2D eigenvalue weighted by molar-refractivity contribution is 5.95. The molecule has 1 aromatic rings. The highest BCUT2D eigenvalue weighted by Crippen LogP contribution is 2.35. The van der Waals surface area contributed by atoms with Crippen molar-refractivity contribution in [3.05, 3.63) is 30.4 Å². The van der Waals surface area contributed by atoms with Gasteiger partial charge in [0.15, 0.2) is 11.5 Å². The van der Waals surface area contributed by atoms with Gasteiger partial charge in [-0.05, 0) is 25.0 Å². The third-order valence-corrected chi connectivity index (χ3v) is 3.71. The van der Waals surface area contributed by atoms with E-state index in [2.05, 4.69) is 5.32 Å². The predicted molar refractivity (Wildman–Crippen MR) is 71.6 cm³/mol. The molecule has 3 rings (SSSR count). The van der Waals surface area contributed by atoms with E-state index in [1.807, 2.05) is 6.08 Å². The quantitative estimate of drug-likeness (QED) is 0.827. The SMILES string of the molecule is O=C([O-])C1CC=CCC1C(=O)Nc1ccc2c(c1)OCO2. The van der Waals surface area contributed by atoms with Gasteiger partial charge in [0.25, 0.3) is 0 Å². The molecule has 1 amide bonds. The summed E-state index contributed by atoms with van der Waals surface area (Å²) in [6.07, 6.45) is 4.31. The summed E-state index contributed by atoms with van der Waals surface area (Å²) < 4.78 is 10.4. The third kappa shape index (κ3) is 2.69. The molecule has 0 radical (unpaired) electrons. The highest BCUT2D eigenvalue weighted by atomic mass is 16.7. The van der Waals surface area contributed by atoms with Crippen LogP contribution in [0.2, 0.25) is 0 Å². The minimum absolute atomic E-state index is 0.160. The number of benzene rings is 1. The van der Waals surface area contributed by atoms with E-state index in [9.17, 15) is 14.7 Å². The van der Waals surface area contributed by atoms with Crippen LogP contribution in [0.5, 0.6) is 11.5 Å². The van der Waals surface area contributed by atoms with Crippen LogP contribution in [-0.4, -0.2) is 18.7 Å². The Balaban J connectivity index is 1.73. The van der Waals surface area contributed by atoms with Gasteiger partial charge in [-0.25, -0.2) is 0 Å². The van der Waals surface area contributed by atoms with Gasteiger partial charge in [0.2, 0.25) is 12.7 Å². The zero-order chi connectivity index (χ0) is 14.8. The zero-order valence-corrected chi connectivity index (χ0v) is 11.2. The van der Waals surface area contributed by atoms with Crippen LogP contribution in [0.15, 0.2) is 30.4 Å². The molecule has 1 heterocycles. The van der Waals surface area contributed by atoms with Gasteiger partial charge in [0.05, 0.1) is 5.92 Å². The second kappa shape index (κ2) is 5.47. The van der Waals surface area contributed by atoms with Crippen LogP contribution in [0, 0.1) is 11.8 Å². The molecule has 6 heteroatoms. The maximum Gasteiger partial charge on any atom is 0.231 e.